The number of rotatable bonds is 5. The predicted octanol–water partition coefficient (Wildman–Crippen LogP) is 2.37. The maximum atomic E-state index is 12.1. The monoisotopic (exact) mass is 252 g/mol. The van der Waals surface area contributed by atoms with Crippen LogP contribution in [0.1, 0.15) is 17.0 Å². The Bertz CT molecular complexity index is 564. The Morgan fingerprint density at radius 2 is 1.53 bits per heavy atom. The van der Waals surface area contributed by atoms with E-state index in [9.17, 15) is 4.79 Å². The second-order valence-corrected chi connectivity index (χ2v) is 4.29. The van der Waals surface area contributed by atoms with Crippen LogP contribution in [0.25, 0.3) is 0 Å². The minimum atomic E-state index is -0.589. The average molecular weight is 252 g/mol. The summed E-state index contributed by atoms with van der Waals surface area (Å²) in [6, 6.07) is 18.6. The van der Waals surface area contributed by atoms with Crippen LogP contribution in [0.5, 0.6) is 0 Å². The smallest absolute Gasteiger partial charge is 0.159 e. The molecule has 0 aliphatic carbocycles. The molecule has 2 rings (SSSR count). The Morgan fingerprint density at radius 1 is 1.00 bits per heavy atom. The van der Waals surface area contributed by atoms with Gasteiger partial charge in [-0.1, -0.05) is 60.7 Å². The first kappa shape index (κ1) is 13.2. The molecule has 96 valence electrons. The maximum Gasteiger partial charge on any atom is 0.159 e. The van der Waals surface area contributed by atoms with Crippen molar-refractivity contribution >= 4 is 11.5 Å². The van der Waals surface area contributed by atoms with E-state index < -0.39 is 5.92 Å². The molecule has 0 fully saturated rings. The van der Waals surface area contributed by atoms with Gasteiger partial charge in [0.1, 0.15) is 0 Å². The first-order chi connectivity index (χ1) is 9.24. The SMILES string of the molecule is N=C(c1ccccc1)C(C(=O)CN)c1ccccc1. The van der Waals surface area contributed by atoms with E-state index in [2.05, 4.69) is 0 Å². The van der Waals surface area contributed by atoms with Crippen LogP contribution >= 0.6 is 0 Å². The molecule has 3 N–H and O–H groups in total. The zero-order valence-electron chi connectivity index (χ0n) is 10.5. The highest BCUT2D eigenvalue weighted by atomic mass is 16.1. The number of benzene rings is 2. The third kappa shape index (κ3) is 2.95. The van der Waals surface area contributed by atoms with Gasteiger partial charge in [0.15, 0.2) is 5.78 Å². The molecule has 1 unspecified atom stereocenters. The largest absolute Gasteiger partial charge is 0.324 e. The molecule has 0 amide bonds. The lowest BCUT2D eigenvalue weighted by Gasteiger charge is -2.17. The molecule has 2 aromatic carbocycles. The molecule has 0 aliphatic rings. The van der Waals surface area contributed by atoms with Crippen molar-refractivity contribution in [2.24, 2.45) is 5.73 Å². The van der Waals surface area contributed by atoms with Crippen LogP contribution in [0.15, 0.2) is 60.7 Å². The van der Waals surface area contributed by atoms with Gasteiger partial charge in [0.25, 0.3) is 0 Å². The number of nitrogens with one attached hydrogen (secondary N) is 1. The van der Waals surface area contributed by atoms with E-state index in [4.69, 9.17) is 11.1 Å². The predicted molar refractivity (Wildman–Crippen MR) is 76.5 cm³/mol. The number of carbonyl (C=O) groups excluding carboxylic acids is 1. The van der Waals surface area contributed by atoms with E-state index in [0.29, 0.717) is 5.71 Å². The second kappa shape index (κ2) is 6.07. The van der Waals surface area contributed by atoms with Crippen LogP contribution in [0.4, 0.5) is 0 Å². The molecule has 2 aromatic rings. The lowest BCUT2D eigenvalue weighted by Crippen LogP contribution is -2.28. The number of hydrogen-bond donors (Lipinski definition) is 2. The van der Waals surface area contributed by atoms with Crippen LogP contribution in [0.3, 0.4) is 0 Å². The lowest BCUT2D eigenvalue weighted by molar-refractivity contribution is -0.117. The fraction of sp³-hybridized carbons (Fsp3) is 0.125. The van der Waals surface area contributed by atoms with Gasteiger partial charge in [-0.15, -0.1) is 0 Å². The topological polar surface area (TPSA) is 66.9 Å². The van der Waals surface area contributed by atoms with Crippen molar-refractivity contribution in [2.75, 3.05) is 6.54 Å². The van der Waals surface area contributed by atoms with Crippen molar-refractivity contribution < 1.29 is 4.79 Å². The van der Waals surface area contributed by atoms with E-state index in [0.717, 1.165) is 11.1 Å². The molecule has 0 aromatic heterocycles. The van der Waals surface area contributed by atoms with E-state index in [-0.39, 0.29) is 12.3 Å². The minimum Gasteiger partial charge on any atom is -0.324 e. The van der Waals surface area contributed by atoms with Gasteiger partial charge in [0.05, 0.1) is 18.2 Å². The molecule has 19 heavy (non-hydrogen) atoms. The summed E-state index contributed by atoms with van der Waals surface area (Å²) in [5, 5.41) is 8.28. The van der Waals surface area contributed by atoms with Crippen LogP contribution in [-0.4, -0.2) is 18.0 Å². The molecule has 0 bridgehead atoms. The molecule has 3 heteroatoms. The number of hydrogen-bond acceptors (Lipinski definition) is 3. The Morgan fingerprint density at radius 3 is 2.05 bits per heavy atom. The minimum absolute atomic E-state index is 0.0607. The molecule has 3 nitrogen and oxygen atoms in total. The van der Waals surface area contributed by atoms with Gasteiger partial charge in [-0.25, -0.2) is 0 Å². The van der Waals surface area contributed by atoms with Gasteiger partial charge in [-0.2, -0.15) is 0 Å². The van der Waals surface area contributed by atoms with Gasteiger partial charge < -0.3 is 11.1 Å². The van der Waals surface area contributed by atoms with Crippen molar-refractivity contribution in [3.63, 3.8) is 0 Å². The standard InChI is InChI=1S/C16H16N2O/c17-11-14(19)15(12-7-3-1-4-8-12)16(18)13-9-5-2-6-10-13/h1-10,15,18H,11,17H2. The number of carbonyl (C=O) groups is 1. The summed E-state index contributed by atoms with van der Waals surface area (Å²) in [5.74, 6) is -0.728. The summed E-state index contributed by atoms with van der Waals surface area (Å²) < 4.78 is 0. The summed E-state index contributed by atoms with van der Waals surface area (Å²) >= 11 is 0. The third-order valence-electron chi connectivity index (χ3n) is 3.03. The van der Waals surface area contributed by atoms with Gasteiger partial charge in [-0.05, 0) is 11.1 Å². The Hall–Kier alpha value is -2.26. The lowest BCUT2D eigenvalue weighted by atomic mass is 9.86. The highest BCUT2D eigenvalue weighted by molar-refractivity contribution is 6.16. The molecular formula is C16H16N2O. The highest BCUT2D eigenvalue weighted by Gasteiger charge is 2.24. The van der Waals surface area contributed by atoms with Crippen LogP contribution in [0.2, 0.25) is 0 Å². The zero-order chi connectivity index (χ0) is 13.7. The Kier molecular flexibility index (Phi) is 4.21. The first-order valence-corrected chi connectivity index (χ1v) is 6.15. The Balaban J connectivity index is 2.40. The zero-order valence-corrected chi connectivity index (χ0v) is 10.5. The van der Waals surface area contributed by atoms with Gasteiger partial charge >= 0.3 is 0 Å². The second-order valence-electron chi connectivity index (χ2n) is 4.29. The van der Waals surface area contributed by atoms with E-state index in [1.807, 2.05) is 60.7 Å². The summed E-state index contributed by atoms with van der Waals surface area (Å²) in [6.07, 6.45) is 0. The van der Waals surface area contributed by atoms with Crippen molar-refractivity contribution in [1.29, 1.82) is 5.41 Å². The fourth-order valence-corrected chi connectivity index (χ4v) is 2.06. The quantitative estimate of drug-likeness (QED) is 0.802. The molecule has 0 heterocycles. The number of nitrogens with two attached hydrogens (primary N) is 1. The summed E-state index contributed by atoms with van der Waals surface area (Å²) in [4.78, 5) is 12.1. The highest BCUT2D eigenvalue weighted by Crippen LogP contribution is 2.21. The maximum absolute atomic E-state index is 12.1. The number of ketones is 1. The molecule has 0 aliphatic heterocycles. The van der Waals surface area contributed by atoms with E-state index in [1.165, 1.54) is 0 Å². The molecular weight excluding hydrogens is 236 g/mol. The van der Waals surface area contributed by atoms with Crippen molar-refractivity contribution in [2.45, 2.75) is 5.92 Å². The van der Waals surface area contributed by atoms with Crippen molar-refractivity contribution in [3.8, 4) is 0 Å². The summed E-state index contributed by atoms with van der Waals surface area (Å²) in [7, 11) is 0. The number of Topliss-reactive ketones (excluding diaryl/α,β-unsaturated/α-hetero) is 1. The first-order valence-electron chi connectivity index (χ1n) is 6.15. The van der Waals surface area contributed by atoms with Gasteiger partial charge in [0.2, 0.25) is 0 Å². The molecule has 1 atom stereocenters. The normalized spacial score (nSPS) is 11.8. The van der Waals surface area contributed by atoms with Crippen LogP contribution < -0.4 is 5.73 Å². The summed E-state index contributed by atoms with van der Waals surface area (Å²) in [5.41, 5.74) is 7.33. The summed E-state index contributed by atoms with van der Waals surface area (Å²) in [6.45, 7) is -0.0607. The van der Waals surface area contributed by atoms with Crippen LogP contribution in [-0.2, 0) is 4.79 Å². The third-order valence-corrected chi connectivity index (χ3v) is 3.03. The Labute approximate surface area is 112 Å². The van der Waals surface area contributed by atoms with Crippen LogP contribution in [0, 0.1) is 5.41 Å². The van der Waals surface area contributed by atoms with E-state index in [1.54, 1.807) is 0 Å². The molecule has 0 radical (unpaired) electrons. The van der Waals surface area contributed by atoms with Gasteiger partial charge in [0, 0.05) is 0 Å². The molecule has 0 saturated carbocycles. The average Bonchev–Trinajstić information content (AvgIpc) is 2.49. The van der Waals surface area contributed by atoms with Crippen molar-refractivity contribution in [1.82, 2.24) is 0 Å². The van der Waals surface area contributed by atoms with Crippen molar-refractivity contribution in [3.05, 3.63) is 71.8 Å². The van der Waals surface area contributed by atoms with Gasteiger partial charge in [-0.3, -0.25) is 4.79 Å². The fourth-order valence-electron chi connectivity index (χ4n) is 2.06. The molecule has 0 saturated heterocycles. The van der Waals surface area contributed by atoms with E-state index >= 15 is 0 Å². The molecule has 0 spiro atoms.